The van der Waals surface area contributed by atoms with E-state index in [4.69, 9.17) is 9.84 Å². The minimum Gasteiger partial charge on any atom is -0.478 e. The van der Waals surface area contributed by atoms with Gasteiger partial charge in [-0.05, 0) is 23.4 Å². The van der Waals surface area contributed by atoms with E-state index in [0.29, 0.717) is 11.4 Å². The van der Waals surface area contributed by atoms with Crippen molar-refractivity contribution < 1.29 is 14.6 Å². The largest absolute Gasteiger partial charge is 0.478 e. The van der Waals surface area contributed by atoms with E-state index in [1.54, 1.807) is 6.07 Å². The lowest BCUT2D eigenvalue weighted by Gasteiger charge is -2.25. The minimum atomic E-state index is -0.687. The van der Waals surface area contributed by atoms with Gasteiger partial charge < -0.3 is 15.2 Å². The fraction of sp³-hybridized carbons (Fsp3) is 0.300. The predicted molar refractivity (Wildman–Crippen MR) is 56.6 cm³/mol. The maximum Gasteiger partial charge on any atom is 0.265 e. The molecule has 0 bridgehead atoms. The summed E-state index contributed by atoms with van der Waals surface area (Å²) in [6, 6.07) is 4.50. The van der Waals surface area contributed by atoms with Gasteiger partial charge in [0.05, 0.1) is 5.69 Å². The first-order valence-corrected chi connectivity index (χ1v) is 4.80. The van der Waals surface area contributed by atoms with E-state index < -0.39 is 6.10 Å². The highest BCUT2D eigenvalue weighted by molar-refractivity contribution is 5.98. The lowest BCUT2D eigenvalue weighted by atomic mass is 10.1. The molecule has 1 aliphatic heterocycles. The first kappa shape index (κ1) is 10.6. The van der Waals surface area contributed by atoms with Crippen molar-refractivity contribution in [3.05, 3.63) is 23.1 Å². The highest BCUT2D eigenvalue weighted by Crippen LogP contribution is 2.33. The molecule has 1 amide bonds. The van der Waals surface area contributed by atoms with E-state index >= 15 is 0 Å². The molecule has 0 saturated heterocycles. The zero-order valence-electron chi connectivity index (χ0n) is 8.34. The van der Waals surface area contributed by atoms with Crippen molar-refractivity contribution in [1.82, 2.24) is 0 Å². The number of ether oxygens (including phenoxy) is 1. The molecule has 0 spiro atoms. The van der Waals surface area contributed by atoms with E-state index in [9.17, 15) is 9.70 Å². The monoisotopic (exact) mass is 222 g/mol. The van der Waals surface area contributed by atoms with Gasteiger partial charge in [0.1, 0.15) is 11.4 Å². The highest BCUT2D eigenvalue weighted by Gasteiger charge is 2.27. The number of carbonyl (C=O) groups is 1. The molecule has 0 aliphatic carbocycles. The van der Waals surface area contributed by atoms with Gasteiger partial charge in [0.25, 0.3) is 5.91 Å². The van der Waals surface area contributed by atoms with Gasteiger partial charge in [0.2, 0.25) is 0 Å². The molecule has 1 unspecified atom stereocenters. The van der Waals surface area contributed by atoms with Gasteiger partial charge in [-0.2, -0.15) is 0 Å². The number of aliphatic hydroxyl groups excluding tert-OH is 1. The third kappa shape index (κ3) is 1.87. The van der Waals surface area contributed by atoms with Crippen LogP contribution in [0.2, 0.25) is 0 Å². The van der Waals surface area contributed by atoms with Gasteiger partial charge in [0.15, 0.2) is 6.10 Å². The molecule has 1 aromatic carbocycles. The van der Waals surface area contributed by atoms with Crippen molar-refractivity contribution in [1.29, 1.82) is 0 Å². The average molecular weight is 222 g/mol. The van der Waals surface area contributed by atoms with Crippen LogP contribution in [-0.4, -0.2) is 23.7 Å². The number of anilines is 1. The quantitative estimate of drug-likeness (QED) is 0.751. The summed E-state index contributed by atoms with van der Waals surface area (Å²) in [5, 5.41) is 14.1. The molecule has 1 aliphatic rings. The van der Waals surface area contributed by atoms with E-state index in [-0.39, 0.29) is 24.6 Å². The molecule has 1 heterocycles. The van der Waals surface area contributed by atoms with Crippen LogP contribution in [0.4, 0.5) is 11.4 Å². The maximum absolute atomic E-state index is 11.5. The zero-order chi connectivity index (χ0) is 11.5. The summed E-state index contributed by atoms with van der Waals surface area (Å²) in [6.07, 6.45) is -0.452. The van der Waals surface area contributed by atoms with Crippen LogP contribution in [-0.2, 0) is 4.79 Å². The second-order valence-corrected chi connectivity index (χ2v) is 3.38. The third-order valence-corrected chi connectivity index (χ3v) is 2.28. The van der Waals surface area contributed by atoms with E-state index in [2.05, 4.69) is 10.5 Å². The second kappa shape index (κ2) is 4.28. The molecule has 16 heavy (non-hydrogen) atoms. The number of nitroso groups, excluding NO2 is 1. The standard InChI is InChI=1S/C10H10N2O4/c13-4-3-9-10(14)11-7-5-6(12-15)1-2-8(7)16-9/h1-2,5,9,13H,3-4H2,(H,11,14). The summed E-state index contributed by atoms with van der Waals surface area (Å²) < 4.78 is 5.37. The van der Waals surface area contributed by atoms with Gasteiger partial charge in [-0.15, -0.1) is 4.91 Å². The number of amides is 1. The van der Waals surface area contributed by atoms with Crippen LogP contribution in [0.1, 0.15) is 6.42 Å². The lowest BCUT2D eigenvalue weighted by Crippen LogP contribution is -2.37. The Hall–Kier alpha value is -1.95. The third-order valence-electron chi connectivity index (χ3n) is 2.28. The Bertz CT molecular complexity index is 433. The van der Waals surface area contributed by atoms with Gasteiger partial charge in [-0.1, -0.05) is 0 Å². The maximum atomic E-state index is 11.5. The smallest absolute Gasteiger partial charge is 0.265 e. The van der Waals surface area contributed by atoms with Crippen LogP contribution in [0.15, 0.2) is 23.4 Å². The lowest BCUT2D eigenvalue weighted by molar-refractivity contribution is -0.124. The number of nitrogens with zero attached hydrogens (tertiary/aromatic N) is 1. The van der Waals surface area contributed by atoms with E-state index in [1.165, 1.54) is 12.1 Å². The molecule has 0 radical (unpaired) electrons. The fourth-order valence-corrected chi connectivity index (χ4v) is 1.50. The van der Waals surface area contributed by atoms with Crippen LogP contribution < -0.4 is 10.1 Å². The Balaban J connectivity index is 2.27. The molecule has 1 aromatic rings. The van der Waals surface area contributed by atoms with Crippen LogP contribution in [0, 0.1) is 4.91 Å². The van der Waals surface area contributed by atoms with Crippen molar-refractivity contribution >= 4 is 17.3 Å². The van der Waals surface area contributed by atoms with Crippen molar-refractivity contribution in [3.63, 3.8) is 0 Å². The van der Waals surface area contributed by atoms with Crippen LogP contribution in [0.3, 0.4) is 0 Å². The number of rotatable bonds is 3. The SMILES string of the molecule is O=Nc1ccc2c(c1)NC(=O)C(CCO)O2. The molecule has 2 rings (SSSR count). The summed E-state index contributed by atoms with van der Waals surface area (Å²) in [6.45, 7) is -0.124. The Labute approximate surface area is 91.2 Å². The zero-order valence-corrected chi connectivity index (χ0v) is 8.34. The number of nitrogens with one attached hydrogen (secondary N) is 1. The van der Waals surface area contributed by atoms with Crippen LogP contribution >= 0.6 is 0 Å². The highest BCUT2D eigenvalue weighted by atomic mass is 16.5. The number of hydrogen-bond acceptors (Lipinski definition) is 5. The average Bonchev–Trinajstić information content (AvgIpc) is 2.30. The summed E-state index contributed by atoms with van der Waals surface area (Å²) in [5.41, 5.74) is 0.652. The van der Waals surface area contributed by atoms with Crippen molar-refractivity contribution in [2.24, 2.45) is 5.18 Å². The van der Waals surface area contributed by atoms with Crippen molar-refractivity contribution in [2.45, 2.75) is 12.5 Å². The fourth-order valence-electron chi connectivity index (χ4n) is 1.50. The van der Waals surface area contributed by atoms with Crippen LogP contribution in [0.25, 0.3) is 0 Å². The summed E-state index contributed by atoms with van der Waals surface area (Å²) in [5.74, 6) is 0.148. The summed E-state index contributed by atoms with van der Waals surface area (Å²) in [4.78, 5) is 21.8. The molecule has 84 valence electrons. The molecular formula is C10H10N2O4. The number of fused-ring (bicyclic) bond motifs is 1. The first-order chi connectivity index (χ1) is 7.74. The second-order valence-electron chi connectivity index (χ2n) is 3.38. The number of carbonyl (C=O) groups excluding carboxylic acids is 1. The molecular weight excluding hydrogens is 212 g/mol. The number of hydrogen-bond donors (Lipinski definition) is 2. The molecule has 0 fully saturated rings. The Morgan fingerprint density at radius 1 is 1.50 bits per heavy atom. The molecule has 6 heteroatoms. The van der Waals surface area contributed by atoms with Crippen molar-refractivity contribution in [3.8, 4) is 5.75 Å². The summed E-state index contributed by atoms with van der Waals surface area (Å²) >= 11 is 0. The first-order valence-electron chi connectivity index (χ1n) is 4.80. The molecule has 2 N–H and O–H groups in total. The Morgan fingerprint density at radius 2 is 2.31 bits per heavy atom. The Kier molecular flexibility index (Phi) is 2.82. The molecule has 6 nitrogen and oxygen atoms in total. The molecule has 1 atom stereocenters. The van der Waals surface area contributed by atoms with Crippen LogP contribution in [0.5, 0.6) is 5.75 Å². The molecule has 0 aromatic heterocycles. The van der Waals surface area contributed by atoms with E-state index in [0.717, 1.165) is 0 Å². The predicted octanol–water partition coefficient (Wildman–Crippen LogP) is 1.17. The topological polar surface area (TPSA) is 88.0 Å². The molecule has 0 saturated carbocycles. The minimum absolute atomic E-state index is 0.124. The normalized spacial score (nSPS) is 18.3. The number of aliphatic hydroxyl groups is 1. The van der Waals surface area contributed by atoms with Crippen molar-refractivity contribution in [2.75, 3.05) is 11.9 Å². The Morgan fingerprint density at radius 3 is 3.00 bits per heavy atom. The van der Waals surface area contributed by atoms with Gasteiger partial charge in [-0.3, -0.25) is 4.79 Å². The van der Waals surface area contributed by atoms with E-state index in [1.807, 2.05) is 0 Å². The summed E-state index contributed by atoms with van der Waals surface area (Å²) in [7, 11) is 0. The van der Waals surface area contributed by atoms with Gasteiger partial charge >= 0.3 is 0 Å². The van der Waals surface area contributed by atoms with Gasteiger partial charge in [0, 0.05) is 13.0 Å². The number of benzene rings is 1. The van der Waals surface area contributed by atoms with Gasteiger partial charge in [-0.25, -0.2) is 0 Å².